The van der Waals surface area contributed by atoms with Crippen molar-refractivity contribution in [3.63, 3.8) is 0 Å². The van der Waals surface area contributed by atoms with E-state index < -0.39 is 14.1 Å². The van der Waals surface area contributed by atoms with Gasteiger partial charge in [-0.1, -0.05) is 36.9 Å². The van der Waals surface area contributed by atoms with E-state index in [1.165, 1.54) is 0 Å². The van der Waals surface area contributed by atoms with Crippen LogP contribution in [-0.4, -0.2) is 71.1 Å². The van der Waals surface area contributed by atoms with Crippen LogP contribution in [0.3, 0.4) is 0 Å². The molecule has 2 aromatic heterocycles. The minimum atomic E-state index is -1.17. The highest BCUT2D eigenvalue weighted by molar-refractivity contribution is 6.76. The molecule has 15 heteroatoms. The normalized spacial score (nSPS) is 15.0. The molecule has 2 heterocycles. The fourth-order valence-electron chi connectivity index (χ4n) is 6.47. The summed E-state index contributed by atoms with van der Waals surface area (Å²) in [4.78, 5) is 41.9. The van der Waals surface area contributed by atoms with Gasteiger partial charge in [-0.25, -0.2) is 4.68 Å². The maximum absolute atomic E-state index is 14.0. The number of benzene rings is 1. The van der Waals surface area contributed by atoms with E-state index in [1.807, 2.05) is 42.8 Å². The van der Waals surface area contributed by atoms with Gasteiger partial charge >= 0.3 is 0 Å². The van der Waals surface area contributed by atoms with Gasteiger partial charge in [0.05, 0.1) is 5.69 Å². The average Bonchev–Trinajstić information content (AvgIpc) is 4.01. The standard InChI is InChI=1S/C35H50N10O4Si/c1-23-31(24(2)45(42-23)22-49-19-20-50(3,4)5)25-11-13-28(14-12-25)40-35(48)33(32(26-7-8-26)27-9-10-27)41-34(47)29-15-17-39-44(29)18-6-16-37-30(46)21-38-43-36/h11-15,17,26-27,32-33H,6-10,16,18-22H2,1-5H3,(H,37,46)(H,40,48)(H,41,47)/t33-/m0/s1. The highest BCUT2D eigenvalue weighted by atomic mass is 28.3. The molecule has 2 aliphatic carbocycles. The van der Waals surface area contributed by atoms with Gasteiger partial charge in [0, 0.05) is 55.8 Å². The number of aryl methyl sites for hydroxylation is 2. The molecule has 268 valence electrons. The van der Waals surface area contributed by atoms with Gasteiger partial charge in [-0.2, -0.15) is 10.2 Å². The van der Waals surface area contributed by atoms with Crippen LogP contribution in [-0.2, 0) is 27.6 Å². The van der Waals surface area contributed by atoms with Crippen LogP contribution in [0.5, 0.6) is 0 Å². The zero-order valence-corrected chi connectivity index (χ0v) is 30.8. The number of carbonyl (C=O) groups excluding carboxylic acids is 3. The minimum absolute atomic E-state index is 0.0741. The van der Waals surface area contributed by atoms with E-state index >= 15 is 0 Å². The average molecular weight is 703 g/mol. The fraction of sp³-hybridized carbons (Fsp3) is 0.571. The lowest BCUT2D eigenvalue weighted by atomic mass is 9.88. The monoisotopic (exact) mass is 702 g/mol. The summed E-state index contributed by atoms with van der Waals surface area (Å²) >= 11 is 0. The number of anilines is 1. The van der Waals surface area contributed by atoms with E-state index in [0.29, 0.717) is 49.5 Å². The number of azide groups is 1. The van der Waals surface area contributed by atoms with Crippen molar-refractivity contribution >= 4 is 31.5 Å². The number of hydrogen-bond acceptors (Lipinski definition) is 7. The number of amides is 3. The first-order valence-electron chi connectivity index (χ1n) is 17.6. The maximum Gasteiger partial charge on any atom is 0.270 e. The Morgan fingerprint density at radius 3 is 2.40 bits per heavy atom. The van der Waals surface area contributed by atoms with Crippen molar-refractivity contribution in [3.05, 3.63) is 64.1 Å². The van der Waals surface area contributed by atoms with E-state index in [2.05, 4.69) is 50.7 Å². The van der Waals surface area contributed by atoms with Crippen LogP contribution < -0.4 is 16.0 Å². The molecule has 5 rings (SSSR count). The predicted molar refractivity (Wildman–Crippen MR) is 194 cm³/mol. The molecule has 0 unspecified atom stereocenters. The van der Waals surface area contributed by atoms with Gasteiger partial charge in [-0.05, 0) is 99.0 Å². The Labute approximate surface area is 294 Å². The van der Waals surface area contributed by atoms with Crippen molar-refractivity contribution in [2.24, 2.45) is 22.9 Å². The lowest BCUT2D eigenvalue weighted by molar-refractivity contribution is -0.120. The second kappa shape index (κ2) is 16.5. The number of nitrogens with one attached hydrogen (secondary N) is 3. The summed E-state index contributed by atoms with van der Waals surface area (Å²) in [6, 6.07) is 9.84. The first kappa shape index (κ1) is 36.8. The molecule has 3 amide bonds. The van der Waals surface area contributed by atoms with Crippen LogP contribution in [0.2, 0.25) is 25.7 Å². The van der Waals surface area contributed by atoms with Crippen molar-refractivity contribution in [2.75, 3.05) is 25.0 Å². The molecule has 0 aliphatic heterocycles. The fourth-order valence-corrected chi connectivity index (χ4v) is 7.22. The molecular weight excluding hydrogens is 653 g/mol. The second-order valence-electron chi connectivity index (χ2n) is 14.7. The molecule has 2 fully saturated rings. The van der Waals surface area contributed by atoms with Gasteiger partial charge in [0.15, 0.2) is 0 Å². The van der Waals surface area contributed by atoms with Crippen LogP contribution in [0.4, 0.5) is 5.69 Å². The van der Waals surface area contributed by atoms with Crippen LogP contribution in [0, 0.1) is 31.6 Å². The van der Waals surface area contributed by atoms with Gasteiger partial charge in [0.1, 0.15) is 25.0 Å². The first-order chi connectivity index (χ1) is 23.9. The van der Waals surface area contributed by atoms with Crippen LogP contribution in [0.1, 0.15) is 54.0 Å². The van der Waals surface area contributed by atoms with E-state index in [9.17, 15) is 14.4 Å². The van der Waals surface area contributed by atoms with Gasteiger partial charge < -0.3 is 20.7 Å². The van der Waals surface area contributed by atoms with E-state index in [1.54, 1.807) is 16.9 Å². The van der Waals surface area contributed by atoms with E-state index in [0.717, 1.165) is 60.8 Å². The molecule has 50 heavy (non-hydrogen) atoms. The Bertz CT molecular complexity index is 1690. The maximum atomic E-state index is 14.0. The molecule has 0 saturated heterocycles. The lowest BCUT2D eigenvalue weighted by Gasteiger charge is -2.27. The summed E-state index contributed by atoms with van der Waals surface area (Å²) in [5.41, 5.74) is 13.4. The Kier molecular flexibility index (Phi) is 12.1. The minimum Gasteiger partial charge on any atom is -0.360 e. The molecule has 1 aromatic carbocycles. The summed E-state index contributed by atoms with van der Waals surface area (Å²) in [6.45, 7) is 12.7. The Morgan fingerprint density at radius 1 is 1.06 bits per heavy atom. The molecule has 1 atom stereocenters. The third-order valence-corrected chi connectivity index (χ3v) is 11.1. The lowest BCUT2D eigenvalue weighted by Crippen LogP contribution is -2.50. The van der Waals surface area contributed by atoms with Gasteiger partial charge in [-0.15, -0.1) is 0 Å². The highest BCUT2D eigenvalue weighted by Gasteiger charge is 2.48. The van der Waals surface area contributed by atoms with Crippen molar-refractivity contribution in [3.8, 4) is 11.1 Å². The predicted octanol–water partition coefficient (Wildman–Crippen LogP) is 5.67. The third kappa shape index (κ3) is 10.0. The summed E-state index contributed by atoms with van der Waals surface area (Å²) < 4.78 is 9.44. The van der Waals surface area contributed by atoms with Gasteiger partial charge in [0.25, 0.3) is 5.91 Å². The smallest absolute Gasteiger partial charge is 0.270 e. The topological polar surface area (TPSA) is 181 Å². The highest BCUT2D eigenvalue weighted by Crippen LogP contribution is 2.51. The summed E-state index contributed by atoms with van der Waals surface area (Å²) in [5, 5.41) is 21.1. The zero-order valence-electron chi connectivity index (χ0n) is 29.8. The second-order valence-corrected chi connectivity index (χ2v) is 20.3. The van der Waals surface area contributed by atoms with Crippen molar-refractivity contribution < 1.29 is 19.1 Å². The number of aromatic nitrogens is 4. The Balaban J connectivity index is 1.23. The molecule has 2 saturated carbocycles. The Hall–Kier alpha value is -4.46. The van der Waals surface area contributed by atoms with E-state index in [4.69, 9.17) is 15.4 Å². The van der Waals surface area contributed by atoms with Crippen LogP contribution in [0.25, 0.3) is 21.6 Å². The van der Waals surface area contributed by atoms with Crippen LogP contribution in [0.15, 0.2) is 41.6 Å². The number of ether oxygens (including phenoxy) is 1. The number of rotatable bonds is 19. The molecule has 14 nitrogen and oxygen atoms in total. The van der Waals surface area contributed by atoms with Crippen molar-refractivity contribution in [1.82, 2.24) is 30.2 Å². The SMILES string of the molecule is Cc1nn(COCC[Si](C)(C)C)c(C)c1-c1ccc(NC(=O)[C@@H](NC(=O)c2ccnn2CCCNC(=O)CN=[N+]=[N-])C(C2CC2)C2CC2)cc1. The molecule has 0 radical (unpaired) electrons. The molecular formula is C35H50N10O4Si. The van der Waals surface area contributed by atoms with E-state index in [-0.39, 0.29) is 30.2 Å². The first-order valence-corrected chi connectivity index (χ1v) is 21.3. The molecule has 0 spiro atoms. The summed E-state index contributed by atoms with van der Waals surface area (Å²) in [5.74, 6) is -0.0389. The summed E-state index contributed by atoms with van der Waals surface area (Å²) in [7, 11) is -1.17. The van der Waals surface area contributed by atoms with Crippen molar-refractivity contribution in [2.45, 2.75) is 91.0 Å². The van der Waals surface area contributed by atoms with Gasteiger partial charge in [0.2, 0.25) is 11.8 Å². The third-order valence-electron chi connectivity index (χ3n) is 9.41. The number of hydrogen-bond donors (Lipinski definition) is 3. The molecule has 3 aromatic rings. The van der Waals surface area contributed by atoms with Crippen LogP contribution >= 0.6 is 0 Å². The molecule has 2 aliphatic rings. The van der Waals surface area contributed by atoms with Crippen molar-refractivity contribution in [1.29, 1.82) is 0 Å². The number of carbonyl (C=O) groups is 3. The largest absolute Gasteiger partial charge is 0.360 e. The molecule has 3 N–H and O–H groups in total. The molecule has 0 bridgehead atoms. The summed E-state index contributed by atoms with van der Waals surface area (Å²) in [6.07, 6.45) is 6.33. The quantitative estimate of drug-likeness (QED) is 0.0476. The zero-order chi connectivity index (χ0) is 35.8. The Morgan fingerprint density at radius 2 is 1.76 bits per heavy atom. The van der Waals surface area contributed by atoms with Gasteiger partial charge in [-0.3, -0.25) is 19.1 Å². The number of nitrogens with zero attached hydrogens (tertiary/aromatic N) is 7.